The molecule has 1 aliphatic rings. The molecule has 3 rings (SSSR count). The van der Waals surface area contributed by atoms with E-state index < -0.39 is 5.97 Å². The Kier molecular flexibility index (Phi) is 6.42. The maximum Gasteiger partial charge on any atom is 0.339 e. The Hall–Kier alpha value is -2.60. The Balaban J connectivity index is 1.83. The van der Waals surface area contributed by atoms with Gasteiger partial charge in [0.05, 0.1) is 30.8 Å². The third kappa shape index (κ3) is 4.53. The van der Waals surface area contributed by atoms with Crippen LogP contribution >= 0.6 is 11.6 Å². The lowest BCUT2D eigenvalue weighted by molar-refractivity contribution is -0.121. The van der Waals surface area contributed by atoms with E-state index in [2.05, 4.69) is 10.3 Å². The number of carbonyl (C=O) groups is 3. The van der Waals surface area contributed by atoms with E-state index in [1.54, 1.807) is 6.92 Å². The highest BCUT2D eigenvalue weighted by molar-refractivity contribution is 6.30. The van der Waals surface area contributed by atoms with Crippen molar-refractivity contribution < 1.29 is 19.1 Å². The highest BCUT2D eigenvalue weighted by Gasteiger charge is 2.31. The molecule has 29 heavy (non-hydrogen) atoms. The van der Waals surface area contributed by atoms with Gasteiger partial charge in [-0.2, -0.15) is 0 Å². The number of nitrogens with one attached hydrogen (secondary N) is 2. The first-order valence-electron chi connectivity index (χ1n) is 9.67. The van der Waals surface area contributed by atoms with Gasteiger partial charge in [0.15, 0.2) is 5.78 Å². The summed E-state index contributed by atoms with van der Waals surface area (Å²) >= 11 is 6.00. The summed E-state index contributed by atoms with van der Waals surface area (Å²) in [5.74, 6) is -0.619. The molecule has 2 N–H and O–H groups in total. The van der Waals surface area contributed by atoms with E-state index in [0.717, 1.165) is 24.8 Å². The number of aromatic nitrogens is 1. The summed E-state index contributed by atoms with van der Waals surface area (Å²) in [4.78, 5) is 39.9. The SMILES string of the molecule is COC(=O)c1c(CC(=O)NC(c2ccc(Cl)cc2)C2CCC2)[nH]c(C(C)=O)c1C. The van der Waals surface area contributed by atoms with E-state index in [0.29, 0.717) is 27.9 Å². The number of methoxy groups -OCH3 is 1. The van der Waals surface area contributed by atoms with Gasteiger partial charge in [-0.1, -0.05) is 30.2 Å². The average Bonchev–Trinajstić information content (AvgIpc) is 2.96. The van der Waals surface area contributed by atoms with Crippen LogP contribution in [0.5, 0.6) is 0 Å². The summed E-state index contributed by atoms with van der Waals surface area (Å²) in [7, 11) is 1.28. The van der Waals surface area contributed by atoms with Crippen molar-refractivity contribution in [1.29, 1.82) is 0 Å². The van der Waals surface area contributed by atoms with Gasteiger partial charge >= 0.3 is 5.97 Å². The van der Waals surface area contributed by atoms with Gasteiger partial charge in [-0.15, -0.1) is 0 Å². The van der Waals surface area contributed by atoms with Gasteiger partial charge in [0.1, 0.15) is 0 Å². The molecule has 1 aromatic heterocycles. The van der Waals surface area contributed by atoms with Crippen LogP contribution in [0.4, 0.5) is 0 Å². The van der Waals surface area contributed by atoms with Crippen molar-refractivity contribution in [3.63, 3.8) is 0 Å². The van der Waals surface area contributed by atoms with Crippen molar-refractivity contribution in [3.05, 3.63) is 57.4 Å². The van der Waals surface area contributed by atoms with E-state index in [-0.39, 0.29) is 29.7 Å². The Morgan fingerprint density at radius 3 is 2.41 bits per heavy atom. The van der Waals surface area contributed by atoms with Gasteiger partial charge in [-0.25, -0.2) is 4.79 Å². The largest absolute Gasteiger partial charge is 0.465 e. The first-order valence-corrected chi connectivity index (χ1v) is 10.0. The van der Waals surface area contributed by atoms with Crippen LogP contribution in [-0.4, -0.2) is 29.8 Å². The molecule has 1 aromatic carbocycles. The second kappa shape index (κ2) is 8.82. The molecular weight excluding hydrogens is 392 g/mol. The molecule has 1 heterocycles. The Morgan fingerprint density at radius 2 is 1.90 bits per heavy atom. The van der Waals surface area contributed by atoms with Crippen molar-refractivity contribution >= 4 is 29.3 Å². The zero-order valence-corrected chi connectivity index (χ0v) is 17.6. The third-order valence-electron chi connectivity index (χ3n) is 5.57. The van der Waals surface area contributed by atoms with Crippen LogP contribution < -0.4 is 5.32 Å². The van der Waals surface area contributed by atoms with Crippen LogP contribution in [0.3, 0.4) is 0 Å². The first kappa shape index (κ1) is 21.1. The smallest absolute Gasteiger partial charge is 0.339 e. The Labute approximate surface area is 175 Å². The van der Waals surface area contributed by atoms with E-state index >= 15 is 0 Å². The van der Waals surface area contributed by atoms with E-state index in [1.165, 1.54) is 14.0 Å². The van der Waals surface area contributed by atoms with Crippen LogP contribution in [0.15, 0.2) is 24.3 Å². The normalized spacial score (nSPS) is 14.8. The molecule has 0 bridgehead atoms. The van der Waals surface area contributed by atoms with Crippen molar-refractivity contribution in [2.75, 3.05) is 7.11 Å². The first-order chi connectivity index (χ1) is 13.8. The fraction of sp³-hybridized carbons (Fsp3) is 0.409. The summed E-state index contributed by atoms with van der Waals surface area (Å²) in [6, 6.07) is 7.38. The molecule has 6 nitrogen and oxygen atoms in total. The summed E-state index contributed by atoms with van der Waals surface area (Å²) < 4.78 is 4.84. The number of amides is 1. The fourth-order valence-electron chi connectivity index (χ4n) is 3.82. The van der Waals surface area contributed by atoms with Crippen LogP contribution in [0.25, 0.3) is 0 Å². The lowest BCUT2D eigenvalue weighted by atomic mass is 9.77. The molecule has 1 unspecified atom stereocenters. The van der Waals surface area contributed by atoms with Crippen molar-refractivity contribution in [3.8, 4) is 0 Å². The molecule has 1 amide bonds. The minimum absolute atomic E-state index is 0.0463. The summed E-state index contributed by atoms with van der Waals surface area (Å²) in [6.45, 7) is 3.09. The van der Waals surface area contributed by atoms with E-state index in [4.69, 9.17) is 16.3 Å². The standard InChI is InChI=1S/C22H25ClN2O4/c1-12-19(22(28)29-3)17(24-20(12)13(2)26)11-18(27)25-21(14-5-4-6-14)15-7-9-16(23)10-8-15/h7-10,14,21,24H,4-6,11H2,1-3H3,(H,25,27). The highest BCUT2D eigenvalue weighted by Crippen LogP contribution is 2.38. The van der Waals surface area contributed by atoms with Gasteiger partial charge in [-0.3, -0.25) is 9.59 Å². The van der Waals surface area contributed by atoms with Crippen LogP contribution in [0.2, 0.25) is 5.02 Å². The van der Waals surface area contributed by atoms with Crippen LogP contribution in [0, 0.1) is 12.8 Å². The quantitative estimate of drug-likeness (QED) is 0.523. The second-order valence-corrected chi connectivity index (χ2v) is 7.93. The molecule has 1 saturated carbocycles. The van der Waals surface area contributed by atoms with Gasteiger partial charge in [0.25, 0.3) is 0 Å². The van der Waals surface area contributed by atoms with E-state index in [9.17, 15) is 14.4 Å². The van der Waals surface area contributed by atoms with Crippen molar-refractivity contribution in [2.24, 2.45) is 5.92 Å². The molecule has 154 valence electrons. The van der Waals surface area contributed by atoms with Crippen LogP contribution in [-0.2, 0) is 16.0 Å². The monoisotopic (exact) mass is 416 g/mol. The third-order valence-corrected chi connectivity index (χ3v) is 5.83. The predicted molar refractivity (Wildman–Crippen MR) is 110 cm³/mol. The number of carbonyl (C=O) groups excluding carboxylic acids is 3. The summed E-state index contributed by atoms with van der Waals surface area (Å²) in [6.07, 6.45) is 3.21. The number of rotatable bonds is 7. The summed E-state index contributed by atoms with van der Waals surface area (Å²) in [5, 5.41) is 3.75. The molecule has 1 aliphatic carbocycles. The molecule has 7 heteroatoms. The molecule has 1 atom stereocenters. The number of aromatic amines is 1. The van der Waals surface area contributed by atoms with Gasteiger partial charge in [0, 0.05) is 17.6 Å². The van der Waals surface area contributed by atoms with Crippen LogP contribution in [0.1, 0.15) is 69.9 Å². The minimum Gasteiger partial charge on any atom is -0.465 e. The molecule has 0 spiro atoms. The topological polar surface area (TPSA) is 88.3 Å². The fourth-order valence-corrected chi connectivity index (χ4v) is 3.95. The van der Waals surface area contributed by atoms with Gasteiger partial charge in [-0.05, 0) is 48.9 Å². The maximum atomic E-state index is 12.9. The summed E-state index contributed by atoms with van der Waals surface area (Å²) in [5.41, 5.74) is 2.47. The minimum atomic E-state index is -0.567. The number of halogens is 1. The molecule has 0 saturated heterocycles. The predicted octanol–water partition coefficient (Wildman–Crippen LogP) is 4.17. The maximum absolute atomic E-state index is 12.9. The molecule has 0 aliphatic heterocycles. The second-order valence-electron chi connectivity index (χ2n) is 7.49. The molecular formula is C22H25ClN2O4. The number of hydrogen-bond donors (Lipinski definition) is 2. The number of benzene rings is 1. The van der Waals surface area contributed by atoms with Gasteiger partial charge < -0.3 is 15.0 Å². The zero-order chi connectivity index (χ0) is 21.1. The highest BCUT2D eigenvalue weighted by atomic mass is 35.5. The lowest BCUT2D eigenvalue weighted by Gasteiger charge is -2.34. The molecule has 0 radical (unpaired) electrons. The van der Waals surface area contributed by atoms with Gasteiger partial charge in [0.2, 0.25) is 5.91 Å². The Bertz CT molecular complexity index is 929. The Morgan fingerprint density at radius 1 is 1.24 bits per heavy atom. The number of ketones is 1. The number of esters is 1. The number of H-pyrrole nitrogens is 1. The average molecular weight is 417 g/mol. The lowest BCUT2D eigenvalue weighted by Crippen LogP contribution is -2.37. The molecule has 1 fully saturated rings. The number of Topliss-reactive ketones (excluding diaryl/α,β-unsaturated/α-hetero) is 1. The number of ether oxygens (including phenoxy) is 1. The number of hydrogen-bond acceptors (Lipinski definition) is 4. The van der Waals surface area contributed by atoms with Crippen molar-refractivity contribution in [2.45, 2.75) is 45.6 Å². The van der Waals surface area contributed by atoms with Crippen molar-refractivity contribution in [1.82, 2.24) is 10.3 Å². The zero-order valence-electron chi connectivity index (χ0n) is 16.8. The van der Waals surface area contributed by atoms with E-state index in [1.807, 2.05) is 24.3 Å². The molecule has 2 aromatic rings.